The Balaban J connectivity index is 1.35. The molecular weight excluding hydrogens is 502 g/mol. The van der Waals surface area contributed by atoms with Crippen LogP contribution in [0.3, 0.4) is 0 Å². The summed E-state index contributed by atoms with van der Waals surface area (Å²) in [6, 6.07) is 12.1. The van der Waals surface area contributed by atoms with Crippen molar-refractivity contribution in [3.63, 3.8) is 0 Å². The normalized spacial score (nSPS) is 14.8. The Labute approximate surface area is 235 Å². The minimum Gasteiger partial charge on any atom is -0.492 e. The number of rotatable bonds is 9. The lowest BCUT2D eigenvalue weighted by Crippen LogP contribution is -2.46. The van der Waals surface area contributed by atoms with Gasteiger partial charge in [-0.05, 0) is 76.0 Å². The van der Waals surface area contributed by atoms with E-state index in [1.165, 1.54) is 0 Å². The van der Waals surface area contributed by atoms with Gasteiger partial charge in [-0.15, -0.1) is 0 Å². The van der Waals surface area contributed by atoms with Crippen LogP contribution in [0.25, 0.3) is 16.6 Å². The van der Waals surface area contributed by atoms with Crippen LogP contribution in [-0.4, -0.2) is 70.6 Å². The highest BCUT2D eigenvalue weighted by Crippen LogP contribution is 2.38. The van der Waals surface area contributed by atoms with Gasteiger partial charge >= 0.3 is 0 Å². The van der Waals surface area contributed by atoms with Gasteiger partial charge in [0.2, 0.25) is 0 Å². The quantitative estimate of drug-likeness (QED) is 0.281. The summed E-state index contributed by atoms with van der Waals surface area (Å²) in [6.45, 7) is 6.91. The number of carbonyl (C=O) groups excluding carboxylic acids is 1. The molecule has 4 aromatic heterocycles. The number of ether oxygens (including phenoxy) is 1. The minimum absolute atomic E-state index is 0.109. The predicted octanol–water partition coefficient (Wildman–Crippen LogP) is 4.79. The van der Waals surface area contributed by atoms with E-state index in [-0.39, 0.29) is 11.2 Å². The molecule has 0 amide bonds. The number of nitriles is 1. The average Bonchev–Trinajstić information content (AvgIpc) is 3.36. The molecule has 206 valence electrons. The van der Waals surface area contributed by atoms with E-state index < -0.39 is 0 Å². The van der Waals surface area contributed by atoms with Gasteiger partial charge in [0.25, 0.3) is 0 Å². The van der Waals surface area contributed by atoms with E-state index >= 15 is 0 Å². The van der Waals surface area contributed by atoms with Crippen LogP contribution in [0.2, 0.25) is 0 Å². The Bertz CT molecular complexity index is 1540. The first-order chi connectivity index (χ1) is 19.3. The van der Waals surface area contributed by atoms with Crippen molar-refractivity contribution in [2.75, 3.05) is 45.2 Å². The van der Waals surface area contributed by atoms with Crippen LogP contribution in [0.4, 0.5) is 5.82 Å². The molecule has 0 aromatic carbocycles. The molecule has 0 radical (unpaired) electrons. The highest BCUT2D eigenvalue weighted by molar-refractivity contribution is 5.96. The molecule has 0 aliphatic carbocycles. The summed E-state index contributed by atoms with van der Waals surface area (Å²) in [7, 11) is 4.14. The molecular formula is C31H35N7O2. The molecule has 1 aliphatic rings. The predicted molar refractivity (Wildman–Crippen MR) is 155 cm³/mol. The van der Waals surface area contributed by atoms with E-state index in [0.717, 1.165) is 60.5 Å². The zero-order chi connectivity index (χ0) is 28.3. The number of Topliss-reactive ketones (excluding diaryl/α,β-unsaturated/α-hetero) is 1. The first-order valence-electron chi connectivity index (χ1n) is 13.7. The summed E-state index contributed by atoms with van der Waals surface area (Å²) in [5, 5.41) is 14.0. The van der Waals surface area contributed by atoms with Gasteiger partial charge in [0.1, 0.15) is 23.3 Å². The maximum absolute atomic E-state index is 13.3. The molecule has 5 rings (SSSR count). The molecule has 0 bridgehead atoms. The molecule has 0 atom stereocenters. The highest BCUT2D eigenvalue weighted by Gasteiger charge is 2.38. The minimum atomic E-state index is -0.109. The van der Waals surface area contributed by atoms with E-state index in [0.29, 0.717) is 30.0 Å². The van der Waals surface area contributed by atoms with Crippen molar-refractivity contribution >= 4 is 17.1 Å². The Morgan fingerprint density at radius 1 is 1.18 bits per heavy atom. The van der Waals surface area contributed by atoms with Crippen LogP contribution in [0.5, 0.6) is 5.75 Å². The number of hydrogen-bond donors (Lipinski definition) is 0. The van der Waals surface area contributed by atoms with Crippen molar-refractivity contribution < 1.29 is 9.53 Å². The summed E-state index contributed by atoms with van der Waals surface area (Å²) in [5.74, 6) is 1.71. The Kier molecular flexibility index (Phi) is 7.81. The van der Waals surface area contributed by atoms with Gasteiger partial charge in [-0.2, -0.15) is 10.4 Å². The van der Waals surface area contributed by atoms with Gasteiger partial charge in [0.15, 0.2) is 5.78 Å². The lowest BCUT2D eigenvalue weighted by atomic mass is 9.73. The van der Waals surface area contributed by atoms with Crippen molar-refractivity contribution in [2.45, 2.75) is 33.1 Å². The van der Waals surface area contributed by atoms with Gasteiger partial charge in [-0.25, -0.2) is 9.50 Å². The van der Waals surface area contributed by atoms with Gasteiger partial charge in [-0.1, -0.05) is 6.07 Å². The molecule has 0 unspecified atom stereocenters. The summed E-state index contributed by atoms with van der Waals surface area (Å²) < 4.78 is 7.43. The van der Waals surface area contributed by atoms with Gasteiger partial charge < -0.3 is 14.5 Å². The average molecular weight is 538 g/mol. The molecule has 9 heteroatoms. The SMILES string of the molecule is CCOc1cc(-c2ccc(N3CCC(CC(=O)c4ncccc4C)(CN(C)C)CC3)nc2)c2c(C#N)cnn2c1. The smallest absolute Gasteiger partial charge is 0.182 e. The molecule has 1 saturated heterocycles. The van der Waals surface area contributed by atoms with Crippen LogP contribution in [0.1, 0.15) is 47.8 Å². The van der Waals surface area contributed by atoms with Crippen molar-refractivity contribution in [2.24, 2.45) is 5.41 Å². The van der Waals surface area contributed by atoms with Crippen LogP contribution in [0.15, 0.2) is 55.1 Å². The van der Waals surface area contributed by atoms with Gasteiger partial charge in [0, 0.05) is 49.6 Å². The first-order valence-corrected chi connectivity index (χ1v) is 13.7. The topological polar surface area (TPSA) is 99.6 Å². The third-order valence-electron chi connectivity index (χ3n) is 7.69. The zero-order valence-electron chi connectivity index (χ0n) is 23.6. The second kappa shape index (κ2) is 11.4. The molecule has 1 aliphatic heterocycles. The standard InChI is InChI=1S/C31H35N7O2/c1-5-40-25-15-26(30-24(17-32)19-35-38(30)20-25)23-8-9-28(34-18-23)37-13-10-31(11-14-37,21-36(3)4)16-27(39)29-22(2)7-6-12-33-29/h6-9,12,15,18-20H,5,10-11,13-14,16,21H2,1-4H3. The lowest BCUT2D eigenvalue weighted by Gasteiger charge is -2.43. The Morgan fingerprint density at radius 3 is 2.62 bits per heavy atom. The molecule has 5 heterocycles. The van der Waals surface area contributed by atoms with E-state index in [4.69, 9.17) is 9.72 Å². The fourth-order valence-corrected chi connectivity index (χ4v) is 5.85. The number of ketones is 1. The molecule has 0 spiro atoms. The fraction of sp³-hybridized carbons (Fsp3) is 0.387. The van der Waals surface area contributed by atoms with Crippen molar-refractivity contribution in [1.29, 1.82) is 5.26 Å². The van der Waals surface area contributed by atoms with E-state index in [9.17, 15) is 10.1 Å². The number of hydrogen-bond acceptors (Lipinski definition) is 8. The number of piperidine rings is 1. The monoisotopic (exact) mass is 537 g/mol. The maximum Gasteiger partial charge on any atom is 0.182 e. The van der Waals surface area contributed by atoms with Crippen molar-refractivity contribution in [3.8, 4) is 22.9 Å². The van der Waals surface area contributed by atoms with E-state index in [1.807, 2.05) is 50.4 Å². The molecule has 1 fully saturated rings. The number of carbonyl (C=O) groups is 1. The number of fused-ring (bicyclic) bond motifs is 1. The number of aromatic nitrogens is 4. The van der Waals surface area contributed by atoms with Gasteiger partial charge in [-0.3, -0.25) is 9.78 Å². The second-order valence-corrected chi connectivity index (χ2v) is 10.9. The summed E-state index contributed by atoms with van der Waals surface area (Å²) in [5.41, 5.74) is 4.39. The second-order valence-electron chi connectivity index (χ2n) is 10.9. The van der Waals surface area contributed by atoms with Crippen LogP contribution in [0, 0.1) is 23.7 Å². The van der Waals surface area contributed by atoms with E-state index in [2.05, 4.69) is 40.0 Å². The lowest BCUT2D eigenvalue weighted by molar-refractivity contribution is 0.0816. The number of nitrogens with zero attached hydrogens (tertiary/aromatic N) is 7. The summed E-state index contributed by atoms with van der Waals surface area (Å²) in [4.78, 5) is 27.0. The number of pyridine rings is 3. The fourth-order valence-electron chi connectivity index (χ4n) is 5.85. The van der Waals surface area contributed by atoms with Crippen LogP contribution < -0.4 is 9.64 Å². The highest BCUT2D eigenvalue weighted by atomic mass is 16.5. The molecule has 0 saturated carbocycles. The number of anilines is 1. The van der Waals surface area contributed by atoms with E-state index in [1.54, 1.807) is 23.1 Å². The number of aryl methyl sites for hydroxylation is 1. The van der Waals surface area contributed by atoms with Crippen LogP contribution in [-0.2, 0) is 0 Å². The third-order valence-corrected chi connectivity index (χ3v) is 7.69. The largest absolute Gasteiger partial charge is 0.492 e. The molecule has 40 heavy (non-hydrogen) atoms. The zero-order valence-corrected chi connectivity index (χ0v) is 23.6. The van der Waals surface area contributed by atoms with Crippen LogP contribution >= 0.6 is 0 Å². The Morgan fingerprint density at radius 2 is 1.98 bits per heavy atom. The summed E-state index contributed by atoms with van der Waals surface area (Å²) >= 11 is 0. The van der Waals surface area contributed by atoms with Crippen molar-refractivity contribution in [1.82, 2.24) is 24.5 Å². The first kappa shape index (κ1) is 27.3. The third kappa shape index (κ3) is 5.54. The summed E-state index contributed by atoms with van der Waals surface area (Å²) in [6.07, 6.45) is 9.19. The van der Waals surface area contributed by atoms with Gasteiger partial charge in [0.05, 0.1) is 30.1 Å². The maximum atomic E-state index is 13.3. The molecule has 9 nitrogen and oxygen atoms in total. The molecule has 0 N–H and O–H groups in total. The molecule has 4 aromatic rings. The Hall–Kier alpha value is -4.29. The van der Waals surface area contributed by atoms with Crippen molar-refractivity contribution in [3.05, 3.63) is 71.9 Å².